The van der Waals surface area contributed by atoms with Crippen molar-refractivity contribution in [2.45, 2.75) is 52.5 Å². The number of aryl methyl sites for hydroxylation is 1. The van der Waals surface area contributed by atoms with Crippen LogP contribution in [0.1, 0.15) is 45.2 Å². The summed E-state index contributed by atoms with van der Waals surface area (Å²) in [6, 6.07) is 7.95. The molecule has 0 unspecified atom stereocenters. The molecule has 2 heterocycles. The molecule has 0 aliphatic heterocycles. The topological polar surface area (TPSA) is 53.6 Å². The Morgan fingerprint density at radius 1 is 1.12 bits per heavy atom. The number of H-pyrrole nitrogens is 1. The number of halogens is 2. The minimum Gasteiger partial charge on any atom is -0.380 e. The van der Waals surface area contributed by atoms with Crippen LogP contribution in [0.5, 0.6) is 0 Å². The fraction of sp³-hybridized carbons (Fsp3) is 0.400. The van der Waals surface area contributed by atoms with Gasteiger partial charge in [-0.1, -0.05) is 49.9 Å². The lowest BCUT2D eigenvalue weighted by molar-refractivity contribution is 0.586. The SMILES string of the molecule is CCCC(CCC)Nc1cc(C)nc2c(-c3ccc(Cl)cc3Cl)n[nH]c12. The predicted molar refractivity (Wildman–Crippen MR) is 111 cm³/mol. The maximum absolute atomic E-state index is 6.39. The molecule has 3 aromatic rings. The summed E-state index contributed by atoms with van der Waals surface area (Å²) >= 11 is 12.4. The van der Waals surface area contributed by atoms with Gasteiger partial charge in [0.05, 0.1) is 10.7 Å². The molecule has 0 aliphatic rings. The van der Waals surface area contributed by atoms with Crippen LogP contribution in [0.2, 0.25) is 10.0 Å². The highest BCUT2D eigenvalue weighted by atomic mass is 35.5. The molecule has 0 fully saturated rings. The summed E-state index contributed by atoms with van der Waals surface area (Å²) < 4.78 is 0. The van der Waals surface area contributed by atoms with Crippen molar-refractivity contribution >= 4 is 39.9 Å². The minimum atomic E-state index is 0.445. The van der Waals surface area contributed by atoms with Crippen LogP contribution in [0.3, 0.4) is 0 Å². The molecule has 2 aromatic heterocycles. The first-order chi connectivity index (χ1) is 12.5. The van der Waals surface area contributed by atoms with Crippen LogP contribution in [-0.4, -0.2) is 21.2 Å². The van der Waals surface area contributed by atoms with Crippen molar-refractivity contribution in [2.75, 3.05) is 5.32 Å². The molecule has 3 rings (SSSR count). The van der Waals surface area contributed by atoms with Crippen molar-refractivity contribution in [1.82, 2.24) is 15.2 Å². The summed E-state index contributed by atoms with van der Waals surface area (Å²) in [4.78, 5) is 4.71. The molecule has 138 valence electrons. The van der Waals surface area contributed by atoms with Gasteiger partial charge in [-0.15, -0.1) is 0 Å². The molecule has 0 bridgehead atoms. The lowest BCUT2D eigenvalue weighted by atomic mass is 10.1. The fourth-order valence-corrected chi connectivity index (χ4v) is 3.81. The summed E-state index contributed by atoms with van der Waals surface area (Å²) in [6.45, 7) is 6.43. The van der Waals surface area contributed by atoms with Crippen LogP contribution in [-0.2, 0) is 0 Å². The van der Waals surface area contributed by atoms with Crippen LogP contribution in [0, 0.1) is 6.92 Å². The molecule has 6 heteroatoms. The monoisotopic (exact) mass is 390 g/mol. The first-order valence-corrected chi connectivity index (χ1v) is 9.86. The molecule has 2 N–H and O–H groups in total. The maximum atomic E-state index is 6.39. The lowest BCUT2D eigenvalue weighted by Crippen LogP contribution is -2.19. The number of rotatable bonds is 7. The van der Waals surface area contributed by atoms with Gasteiger partial charge in [-0.25, -0.2) is 4.98 Å². The van der Waals surface area contributed by atoms with Crippen molar-refractivity contribution in [3.05, 3.63) is 40.0 Å². The number of nitrogens with one attached hydrogen (secondary N) is 2. The van der Waals surface area contributed by atoms with E-state index in [1.807, 2.05) is 19.1 Å². The Bertz CT molecular complexity index is 898. The van der Waals surface area contributed by atoms with Gasteiger partial charge in [0.15, 0.2) is 0 Å². The number of pyridine rings is 1. The average Bonchev–Trinajstić information content (AvgIpc) is 2.99. The summed E-state index contributed by atoms with van der Waals surface area (Å²) in [5.41, 5.74) is 5.29. The van der Waals surface area contributed by atoms with Gasteiger partial charge in [0.2, 0.25) is 0 Å². The number of benzene rings is 1. The third-order valence-corrected chi connectivity index (χ3v) is 5.02. The van der Waals surface area contributed by atoms with Crippen LogP contribution >= 0.6 is 23.2 Å². The summed E-state index contributed by atoms with van der Waals surface area (Å²) in [5, 5.41) is 12.5. The molecule has 0 aliphatic carbocycles. The standard InChI is InChI=1S/C20H24Cl2N4/c1-4-6-14(7-5-2)24-17-10-12(3)23-20-18(25-26-19(17)20)15-9-8-13(21)11-16(15)22/h8-11,14H,4-7H2,1-3H3,(H,23,24)(H,25,26). The van der Waals surface area contributed by atoms with Crippen molar-refractivity contribution in [3.63, 3.8) is 0 Å². The van der Waals surface area contributed by atoms with Gasteiger partial charge in [-0.05, 0) is 44.0 Å². The molecular formula is C20H24Cl2N4. The number of aromatic nitrogens is 3. The zero-order valence-corrected chi connectivity index (χ0v) is 16.9. The number of anilines is 1. The highest BCUT2D eigenvalue weighted by Gasteiger charge is 2.17. The minimum absolute atomic E-state index is 0.445. The molecule has 4 nitrogen and oxygen atoms in total. The number of nitrogens with zero attached hydrogens (tertiary/aromatic N) is 2. The van der Waals surface area contributed by atoms with Gasteiger partial charge in [-0.2, -0.15) is 5.10 Å². The number of hydrogen-bond donors (Lipinski definition) is 2. The van der Waals surface area contributed by atoms with E-state index in [0.29, 0.717) is 16.1 Å². The Balaban J connectivity index is 2.06. The van der Waals surface area contributed by atoms with Crippen molar-refractivity contribution in [2.24, 2.45) is 0 Å². The largest absolute Gasteiger partial charge is 0.380 e. The molecule has 0 spiro atoms. The second-order valence-corrected chi connectivity index (χ2v) is 7.49. The Kier molecular flexibility index (Phi) is 6.05. The van der Waals surface area contributed by atoms with Crippen molar-refractivity contribution in [3.8, 4) is 11.3 Å². The summed E-state index contributed by atoms with van der Waals surface area (Å²) in [6.07, 6.45) is 4.58. The third-order valence-electron chi connectivity index (χ3n) is 4.47. The van der Waals surface area contributed by atoms with Gasteiger partial charge in [0.25, 0.3) is 0 Å². The molecule has 0 saturated heterocycles. The molecule has 0 atom stereocenters. The van der Waals surface area contributed by atoms with Gasteiger partial charge < -0.3 is 5.32 Å². The van der Waals surface area contributed by atoms with E-state index in [1.54, 1.807) is 6.07 Å². The zero-order valence-electron chi connectivity index (χ0n) is 15.4. The highest BCUT2D eigenvalue weighted by Crippen LogP contribution is 2.35. The van der Waals surface area contributed by atoms with E-state index in [4.69, 9.17) is 28.2 Å². The Labute approximate surface area is 164 Å². The third kappa shape index (κ3) is 3.97. The Hall–Kier alpha value is -1.78. The van der Waals surface area contributed by atoms with E-state index in [-0.39, 0.29) is 0 Å². The van der Waals surface area contributed by atoms with E-state index in [2.05, 4.69) is 35.4 Å². The van der Waals surface area contributed by atoms with Gasteiger partial charge in [0.1, 0.15) is 16.7 Å². The second-order valence-electron chi connectivity index (χ2n) is 6.65. The Morgan fingerprint density at radius 3 is 2.50 bits per heavy atom. The van der Waals surface area contributed by atoms with E-state index in [0.717, 1.165) is 59.4 Å². The molecule has 26 heavy (non-hydrogen) atoms. The Morgan fingerprint density at radius 2 is 1.85 bits per heavy atom. The van der Waals surface area contributed by atoms with Crippen LogP contribution in [0.25, 0.3) is 22.3 Å². The molecule has 1 aromatic carbocycles. The smallest absolute Gasteiger partial charge is 0.120 e. The van der Waals surface area contributed by atoms with Gasteiger partial charge in [0, 0.05) is 22.3 Å². The molecular weight excluding hydrogens is 367 g/mol. The quantitative estimate of drug-likeness (QED) is 0.476. The average molecular weight is 391 g/mol. The maximum Gasteiger partial charge on any atom is 0.120 e. The number of hydrogen-bond acceptors (Lipinski definition) is 3. The normalized spacial score (nSPS) is 11.5. The number of fused-ring (bicyclic) bond motifs is 1. The molecule has 0 amide bonds. The van der Waals surface area contributed by atoms with E-state index < -0.39 is 0 Å². The van der Waals surface area contributed by atoms with Crippen LogP contribution < -0.4 is 5.32 Å². The van der Waals surface area contributed by atoms with Gasteiger partial charge in [-0.3, -0.25) is 5.10 Å². The highest BCUT2D eigenvalue weighted by molar-refractivity contribution is 6.36. The number of aromatic amines is 1. The first-order valence-electron chi connectivity index (χ1n) is 9.11. The predicted octanol–water partition coefficient (Wildman–Crippen LogP) is 6.62. The van der Waals surface area contributed by atoms with E-state index >= 15 is 0 Å². The van der Waals surface area contributed by atoms with Crippen molar-refractivity contribution in [1.29, 1.82) is 0 Å². The fourth-order valence-electron chi connectivity index (χ4n) is 3.31. The van der Waals surface area contributed by atoms with Crippen molar-refractivity contribution < 1.29 is 0 Å². The van der Waals surface area contributed by atoms with Crippen LogP contribution in [0.4, 0.5) is 5.69 Å². The second kappa shape index (κ2) is 8.28. The van der Waals surface area contributed by atoms with E-state index in [1.165, 1.54) is 0 Å². The summed E-state index contributed by atoms with van der Waals surface area (Å²) in [5.74, 6) is 0. The van der Waals surface area contributed by atoms with Crippen LogP contribution in [0.15, 0.2) is 24.3 Å². The van der Waals surface area contributed by atoms with Gasteiger partial charge >= 0.3 is 0 Å². The molecule has 0 radical (unpaired) electrons. The zero-order chi connectivity index (χ0) is 18.7. The lowest BCUT2D eigenvalue weighted by Gasteiger charge is -2.19. The van der Waals surface area contributed by atoms with E-state index in [9.17, 15) is 0 Å². The first kappa shape index (κ1) is 19.0. The molecule has 0 saturated carbocycles. The summed E-state index contributed by atoms with van der Waals surface area (Å²) in [7, 11) is 0.